The van der Waals surface area contributed by atoms with Gasteiger partial charge < -0.3 is 11.1 Å². The molecule has 3 rings (SSSR count). The summed E-state index contributed by atoms with van der Waals surface area (Å²) in [6.07, 6.45) is 4.07. The number of pyridine rings is 1. The van der Waals surface area contributed by atoms with Gasteiger partial charge in [0.15, 0.2) is 0 Å². The van der Waals surface area contributed by atoms with E-state index in [0.29, 0.717) is 6.42 Å². The lowest BCUT2D eigenvalue weighted by Crippen LogP contribution is -2.37. The van der Waals surface area contributed by atoms with Gasteiger partial charge in [-0.15, -0.1) is 11.3 Å². The molecule has 3 N–H and O–H groups in total. The third kappa shape index (κ3) is 4.03. The van der Waals surface area contributed by atoms with Gasteiger partial charge in [-0.1, -0.05) is 18.2 Å². The first-order valence-electron chi connectivity index (χ1n) is 7.31. The third-order valence-electron chi connectivity index (χ3n) is 3.50. The van der Waals surface area contributed by atoms with Gasteiger partial charge in [0, 0.05) is 29.4 Å². The van der Waals surface area contributed by atoms with Crippen LogP contribution in [-0.4, -0.2) is 16.9 Å². The van der Waals surface area contributed by atoms with Crippen LogP contribution in [0.15, 0.2) is 66.3 Å². The fraction of sp³-hybridized carbons (Fsp3) is 0.111. The van der Waals surface area contributed by atoms with Gasteiger partial charge in [-0.3, -0.25) is 9.78 Å². The number of benzene rings is 1. The lowest BCUT2D eigenvalue weighted by molar-refractivity contribution is -0.117. The fourth-order valence-corrected chi connectivity index (χ4v) is 3.03. The number of carbonyl (C=O) groups excluding carboxylic acids is 1. The number of anilines is 1. The Morgan fingerprint density at radius 2 is 1.78 bits per heavy atom. The molecule has 0 spiro atoms. The number of nitrogens with one attached hydrogen (secondary N) is 1. The Morgan fingerprint density at radius 1 is 1.09 bits per heavy atom. The zero-order valence-electron chi connectivity index (χ0n) is 12.5. The SMILES string of the molecule is NC(Cc1cccs1)C(=O)Nc1ccc(-c2ccncc2)cc1. The quantitative estimate of drug-likeness (QED) is 0.757. The monoisotopic (exact) mass is 323 g/mol. The second kappa shape index (κ2) is 7.17. The molecular weight excluding hydrogens is 306 g/mol. The predicted octanol–water partition coefficient (Wildman–Crippen LogP) is 3.32. The Hall–Kier alpha value is -2.50. The molecule has 2 aromatic heterocycles. The maximum absolute atomic E-state index is 12.2. The lowest BCUT2D eigenvalue weighted by atomic mass is 10.1. The Morgan fingerprint density at radius 3 is 2.43 bits per heavy atom. The summed E-state index contributed by atoms with van der Waals surface area (Å²) in [7, 11) is 0. The highest BCUT2D eigenvalue weighted by molar-refractivity contribution is 7.09. The summed E-state index contributed by atoms with van der Waals surface area (Å²) in [4.78, 5) is 17.3. The first-order valence-corrected chi connectivity index (χ1v) is 8.19. The van der Waals surface area contributed by atoms with Gasteiger partial charge in [0.25, 0.3) is 0 Å². The normalized spacial score (nSPS) is 11.9. The van der Waals surface area contributed by atoms with Gasteiger partial charge in [-0.25, -0.2) is 0 Å². The summed E-state index contributed by atoms with van der Waals surface area (Å²) in [6.45, 7) is 0. The molecule has 0 aliphatic carbocycles. The van der Waals surface area contributed by atoms with E-state index in [2.05, 4.69) is 10.3 Å². The van der Waals surface area contributed by atoms with Crippen LogP contribution in [-0.2, 0) is 11.2 Å². The summed E-state index contributed by atoms with van der Waals surface area (Å²) in [5.41, 5.74) is 8.88. The van der Waals surface area contributed by atoms with Crippen molar-refractivity contribution >= 4 is 22.9 Å². The largest absolute Gasteiger partial charge is 0.325 e. The standard InChI is InChI=1S/C18H17N3OS/c19-17(12-16-2-1-11-23-16)18(22)21-15-5-3-13(4-6-15)14-7-9-20-10-8-14/h1-11,17H,12,19H2,(H,21,22). The highest BCUT2D eigenvalue weighted by atomic mass is 32.1. The fourth-order valence-electron chi connectivity index (χ4n) is 2.26. The molecule has 1 unspecified atom stereocenters. The number of hydrogen-bond donors (Lipinski definition) is 2. The molecular formula is C18H17N3OS. The zero-order valence-corrected chi connectivity index (χ0v) is 13.3. The molecule has 4 nitrogen and oxygen atoms in total. The molecule has 0 saturated carbocycles. The zero-order chi connectivity index (χ0) is 16.1. The van der Waals surface area contributed by atoms with Crippen LogP contribution in [0.1, 0.15) is 4.88 Å². The van der Waals surface area contributed by atoms with E-state index >= 15 is 0 Å². The van der Waals surface area contributed by atoms with Crippen LogP contribution < -0.4 is 11.1 Å². The number of thiophene rings is 1. The highest BCUT2D eigenvalue weighted by Crippen LogP contribution is 2.20. The van der Waals surface area contributed by atoms with Gasteiger partial charge in [0.05, 0.1) is 6.04 Å². The maximum Gasteiger partial charge on any atom is 0.241 e. The van der Waals surface area contributed by atoms with E-state index in [1.54, 1.807) is 23.7 Å². The number of aromatic nitrogens is 1. The minimum atomic E-state index is -0.548. The third-order valence-corrected chi connectivity index (χ3v) is 4.40. The first kappa shape index (κ1) is 15.4. The molecule has 0 radical (unpaired) electrons. The van der Waals surface area contributed by atoms with Crippen molar-refractivity contribution in [1.82, 2.24) is 4.98 Å². The van der Waals surface area contributed by atoms with Crippen molar-refractivity contribution in [3.05, 3.63) is 71.2 Å². The molecule has 1 aromatic carbocycles. The Bertz CT molecular complexity index is 755. The Labute approximate surface area is 139 Å². The topological polar surface area (TPSA) is 68.0 Å². The molecule has 3 aromatic rings. The van der Waals surface area contributed by atoms with E-state index in [1.165, 1.54) is 0 Å². The summed E-state index contributed by atoms with van der Waals surface area (Å²) < 4.78 is 0. The van der Waals surface area contributed by atoms with Crippen molar-refractivity contribution in [3.63, 3.8) is 0 Å². The van der Waals surface area contributed by atoms with Gasteiger partial charge in [0.1, 0.15) is 0 Å². The molecule has 0 saturated heterocycles. The summed E-state index contributed by atoms with van der Waals surface area (Å²) >= 11 is 1.61. The number of carbonyl (C=O) groups is 1. The molecule has 23 heavy (non-hydrogen) atoms. The first-order chi connectivity index (χ1) is 11.2. The van der Waals surface area contributed by atoms with Crippen molar-refractivity contribution in [1.29, 1.82) is 0 Å². The average molecular weight is 323 g/mol. The van der Waals surface area contributed by atoms with Crippen LogP contribution in [0.3, 0.4) is 0 Å². The molecule has 0 aliphatic heterocycles. The van der Waals surface area contributed by atoms with Gasteiger partial charge in [-0.2, -0.15) is 0 Å². The molecule has 0 aliphatic rings. The van der Waals surface area contributed by atoms with Gasteiger partial charge in [-0.05, 0) is 46.8 Å². The van der Waals surface area contributed by atoms with Crippen LogP contribution in [0.4, 0.5) is 5.69 Å². The van der Waals surface area contributed by atoms with E-state index in [1.807, 2.05) is 53.9 Å². The van der Waals surface area contributed by atoms with Crippen LogP contribution in [0.25, 0.3) is 11.1 Å². The predicted molar refractivity (Wildman–Crippen MR) is 94.3 cm³/mol. The summed E-state index contributed by atoms with van der Waals surface area (Å²) in [5, 5.41) is 4.85. The van der Waals surface area contributed by atoms with Crippen molar-refractivity contribution in [2.45, 2.75) is 12.5 Å². The van der Waals surface area contributed by atoms with Gasteiger partial charge in [0.2, 0.25) is 5.91 Å². The number of hydrogen-bond acceptors (Lipinski definition) is 4. The van der Waals surface area contributed by atoms with Crippen molar-refractivity contribution in [2.75, 3.05) is 5.32 Å². The van der Waals surface area contributed by atoms with Crippen molar-refractivity contribution in [2.24, 2.45) is 5.73 Å². The minimum Gasteiger partial charge on any atom is -0.325 e. The highest BCUT2D eigenvalue weighted by Gasteiger charge is 2.14. The van der Waals surface area contributed by atoms with Crippen molar-refractivity contribution in [3.8, 4) is 11.1 Å². The van der Waals surface area contributed by atoms with Crippen LogP contribution >= 0.6 is 11.3 Å². The second-order valence-corrected chi connectivity index (χ2v) is 6.22. The van der Waals surface area contributed by atoms with Crippen LogP contribution in [0, 0.1) is 0 Å². The Kier molecular flexibility index (Phi) is 4.80. The van der Waals surface area contributed by atoms with Crippen molar-refractivity contribution < 1.29 is 4.79 Å². The van der Waals surface area contributed by atoms with E-state index in [4.69, 9.17) is 5.73 Å². The average Bonchev–Trinajstić information content (AvgIpc) is 3.09. The van der Waals surface area contributed by atoms with E-state index in [9.17, 15) is 4.79 Å². The second-order valence-electron chi connectivity index (χ2n) is 5.19. The molecule has 1 atom stereocenters. The van der Waals surface area contributed by atoms with E-state index in [-0.39, 0.29) is 5.91 Å². The van der Waals surface area contributed by atoms with E-state index < -0.39 is 6.04 Å². The van der Waals surface area contributed by atoms with Crippen LogP contribution in [0.5, 0.6) is 0 Å². The molecule has 2 heterocycles. The van der Waals surface area contributed by atoms with Gasteiger partial charge >= 0.3 is 0 Å². The number of rotatable bonds is 5. The molecule has 0 bridgehead atoms. The summed E-state index contributed by atoms with van der Waals surface area (Å²) in [5.74, 6) is -0.171. The summed E-state index contributed by atoms with van der Waals surface area (Å²) in [6, 6.07) is 15.0. The lowest BCUT2D eigenvalue weighted by Gasteiger charge is -2.12. The molecule has 1 amide bonds. The minimum absolute atomic E-state index is 0.171. The maximum atomic E-state index is 12.2. The number of amides is 1. The number of nitrogens with two attached hydrogens (primary N) is 1. The molecule has 0 fully saturated rings. The number of nitrogens with zero attached hydrogens (tertiary/aromatic N) is 1. The van der Waals surface area contributed by atoms with E-state index in [0.717, 1.165) is 21.7 Å². The smallest absolute Gasteiger partial charge is 0.241 e. The molecule has 116 valence electrons. The Balaban J connectivity index is 1.62. The molecule has 5 heteroatoms. The van der Waals surface area contributed by atoms with Crippen LogP contribution in [0.2, 0.25) is 0 Å².